The topological polar surface area (TPSA) is 46.3 Å². The molecule has 0 fully saturated rings. The van der Waals surface area contributed by atoms with Crippen LogP contribution in [0.2, 0.25) is 0 Å². The van der Waals surface area contributed by atoms with Crippen LogP contribution in [0.3, 0.4) is 0 Å². The molecule has 1 unspecified atom stereocenters. The van der Waals surface area contributed by atoms with Crippen molar-refractivity contribution in [1.82, 2.24) is 4.98 Å². The molecule has 0 bridgehead atoms. The maximum atomic E-state index is 9.77. The fourth-order valence-corrected chi connectivity index (χ4v) is 1.98. The Hall–Kier alpha value is -0.650. The molecule has 2 heterocycles. The quantitative estimate of drug-likeness (QED) is 0.902. The maximum Gasteiger partial charge on any atom is 0.155 e. The van der Waals surface area contributed by atoms with Gasteiger partial charge < -0.3 is 9.52 Å². The highest BCUT2D eigenvalue weighted by Gasteiger charge is 2.18. The molecule has 2 rings (SSSR count). The van der Waals surface area contributed by atoms with Crippen molar-refractivity contribution in [3.63, 3.8) is 0 Å². The van der Waals surface area contributed by atoms with Gasteiger partial charge >= 0.3 is 0 Å². The van der Waals surface area contributed by atoms with Gasteiger partial charge in [-0.05, 0) is 22.0 Å². The van der Waals surface area contributed by atoms with Crippen molar-refractivity contribution < 1.29 is 9.52 Å². The van der Waals surface area contributed by atoms with Crippen molar-refractivity contribution in [3.8, 4) is 0 Å². The van der Waals surface area contributed by atoms with Crippen LogP contribution in [0.15, 0.2) is 32.1 Å². The molecule has 2 aromatic heterocycles. The summed E-state index contributed by atoms with van der Waals surface area (Å²) in [6.07, 6.45) is 0.741. The van der Waals surface area contributed by atoms with E-state index in [9.17, 15) is 5.11 Å². The Morgan fingerprint density at radius 2 is 2.46 bits per heavy atom. The lowest BCUT2D eigenvalue weighted by molar-refractivity contribution is 0.184. The second-order valence-corrected chi connectivity index (χ2v) is 4.02. The molecule has 1 atom stereocenters. The van der Waals surface area contributed by atoms with Gasteiger partial charge in [0.2, 0.25) is 0 Å². The van der Waals surface area contributed by atoms with Crippen LogP contribution in [0, 0.1) is 0 Å². The van der Waals surface area contributed by atoms with E-state index in [0.29, 0.717) is 11.5 Å². The molecule has 3 nitrogen and oxygen atoms in total. The summed E-state index contributed by atoms with van der Waals surface area (Å²) in [6, 6.07) is 1.74. The summed E-state index contributed by atoms with van der Waals surface area (Å²) >= 11 is 4.72. The monoisotopic (exact) mass is 259 g/mol. The summed E-state index contributed by atoms with van der Waals surface area (Å²) in [5.74, 6) is 0.492. The van der Waals surface area contributed by atoms with Gasteiger partial charge in [-0.2, -0.15) is 0 Å². The predicted octanol–water partition coefficient (Wildman–Crippen LogP) is 2.58. The normalized spacial score (nSPS) is 13.1. The third-order valence-corrected chi connectivity index (χ3v) is 2.88. The molecular formula is C8H6BrNO2S. The summed E-state index contributed by atoms with van der Waals surface area (Å²) in [5, 5.41) is 11.6. The van der Waals surface area contributed by atoms with Gasteiger partial charge in [-0.15, -0.1) is 11.3 Å². The average molecular weight is 260 g/mol. The lowest BCUT2D eigenvalue weighted by Gasteiger charge is -2.03. The van der Waals surface area contributed by atoms with Gasteiger partial charge in [0, 0.05) is 5.38 Å². The first kappa shape index (κ1) is 8.93. The molecular weight excluding hydrogens is 254 g/mol. The van der Waals surface area contributed by atoms with Crippen LogP contribution in [0.4, 0.5) is 0 Å². The highest BCUT2D eigenvalue weighted by molar-refractivity contribution is 9.10. The zero-order valence-corrected chi connectivity index (χ0v) is 8.88. The summed E-state index contributed by atoms with van der Waals surface area (Å²) in [5.41, 5.74) is 2.29. The van der Waals surface area contributed by atoms with Crippen LogP contribution >= 0.6 is 27.3 Å². The molecule has 0 spiro atoms. The minimum absolute atomic E-state index is 0.492. The molecule has 68 valence electrons. The molecule has 5 heteroatoms. The molecule has 0 aliphatic carbocycles. The third-order valence-electron chi connectivity index (χ3n) is 1.62. The van der Waals surface area contributed by atoms with E-state index in [4.69, 9.17) is 4.42 Å². The van der Waals surface area contributed by atoms with Crippen LogP contribution in [-0.4, -0.2) is 10.1 Å². The number of thiazole rings is 1. The summed E-state index contributed by atoms with van der Waals surface area (Å²) < 4.78 is 5.88. The molecule has 0 aromatic carbocycles. The summed E-state index contributed by atoms with van der Waals surface area (Å²) in [7, 11) is 0. The van der Waals surface area contributed by atoms with Gasteiger partial charge in [0.25, 0.3) is 0 Å². The predicted molar refractivity (Wildman–Crippen MR) is 52.6 cm³/mol. The first-order valence-electron chi connectivity index (χ1n) is 3.58. The van der Waals surface area contributed by atoms with E-state index >= 15 is 0 Å². The molecule has 2 aromatic rings. The lowest BCUT2D eigenvalue weighted by Crippen LogP contribution is -1.98. The Bertz CT molecular complexity index is 385. The number of hydrogen-bond donors (Lipinski definition) is 1. The average Bonchev–Trinajstić information content (AvgIpc) is 2.72. The molecule has 0 saturated heterocycles. The molecule has 1 N–H and O–H groups in total. The fraction of sp³-hybridized carbons (Fsp3) is 0.125. The Morgan fingerprint density at radius 1 is 1.62 bits per heavy atom. The lowest BCUT2D eigenvalue weighted by atomic mass is 10.2. The van der Waals surface area contributed by atoms with Gasteiger partial charge in [0.1, 0.15) is 0 Å². The summed E-state index contributed by atoms with van der Waals surface area (Å²) in [4.78, 5) is 4.00. The molecule has 0 saturated carbocycles. The standard InChI is InChI=1S/C8H6BrNO2S/c9-5-1-2-12-8(5)7(11)6-3-13-4-10-6/h1-4,7,11H. The van der Waals surface area contributed by atoms with Crippen molar-refractivity contribution in [3.05, 3.63) is 39.1 Å². The number of aliphatic hydroxyl groups is 1. The largest absolute Gasteiger partial charge is 0.465 e. The number of rotatable bonds is 2. The van der Waals surface area contributed by atoms with E-state index < -0.39 is 6.10 Å². The van der Waals surface area contributed by atoms with E-state index in [-0.39, 0.29) is 0 Å². The molecule has 0 aliphatic heterocycles. The van der Waals surface area contributed by atoms with E-state index in [1.165, 1.54) is 17.6 Å². The van der Waals surface area contributed by atoms with Crippen LogP contribution in [-0.2, 0) is 0 Å². The van der Waals surface area contributed by atoms with Gasteiger partial charge in [-0.3, -0.25) is 0 Å². The van der Waals surface area contributed by atoms with Crippen molar-refractivity contribution in [1.29, 1.82) is 0 Å². The van der Waals surface area contributed by atoms with Crippen LogP contribution < -0.4 is 0 Å². The summed E-state index contributed by atoms with van der Waals surface area (Å²) in [6.45, 7) is 0. The molecule has 13 heavy (non-hydrogen) atoms. The SMILES string of the molecule is OC(c1cscn1)c1occc1Br. The molecule has 0 radical (unpaired) electrons. The van der Waals surface area contributed by atoms with E-state index in [2.05, 4.69) is 20.9 Å². The van der Waals surface area contributed by atoms with Crippen molar-refractivity contribution >= 4 is 27.3 Å². The van der Waals surface area contributed by atoms with Gasteiger partial charge in [-0.25, -0.2) is 4.98 Å². The number of aliphatic hydroxyl groups excluding tert-OH is 1. The third kappa shape index (κ3) is 1.67. The number of aromatic nitrogens is 1. The van der Waals surface area contributed by atoms with Crippen molar-refractivity contribution in [2.24, 2.45) is 0 Å². The first-order valence-corrected chi connectivity index (χ1v) is 5.31. The fourth-order valence-electron chi connectivity index (χ4n) is 0.992. The highest BCUT2D eigenvalue weighted by Crippen LogP contribution is 2.28. The first-order chi connectivity index (χ1) is 6.29. The zero-order valence-electron chi connectivity index (χ0n) is 6.48. The van der Waals surface area contributed by atoms with Gasteiger partial charge in [0.15, 0.2) is 11.9 Å². The number of furan rings is 1. The van der Waals surface area contributed by atoms with Gasteiger partial charge in [-0.1, -0.05) is 0 Å². The second kappa shape index (κ2) is 3.61. The maximum absolute atomic E-state index is 9.77. The van der Waals surface area contributed by atoms with Crippen LogP contribution in [0.1, 0.15) is 17.6 Å². The smallest absolute Gasteiger partial charge is 0.155 e. The second-order valence-electron chi connectivity index (χ2n) is 2.45. The molecule has 0 amide bonds. The minimum atomic E-state index is -0.782. The van der Waals surface area contributed by atoms with Crippen LogP contribution in [0.25, 0.3) is 0 Å². The van der Waals surface area contributed by atoms with E-state index in [1.807, 2.05) is 0 Å². The minimum Gasteiger partial charge on any atom is -0.465 e. The van der Waals surface area contributed by atoms with Gasteiger partial charge in [0.05, 0.1) is 21.9 Å². The number of halogens is 1. The Labute approximate surface area is 87.2 Å². The Morgan fingerprint density at radius 3 is 3.00 bits per heavy atom. The van der Waals surface area contributed by atoms with Crippen molar-refractivity contribution in [2.45, 2.75) is 6.10 Å². The molecule has 0 aliphatic rings. The Kier molecular flexibility index (Phi) is 2.48. The number of hydrogen-bond acceptors (Lipinski definition) is 4. The highest BCUT2D eigenvalue weighted by atomic mass is 79.9. The Balaban J connectivity index is 2.33. The van der Waals surface area contributed by atoms with E-state index in [0.717, 1.165) is 4.47 Å². The van der Waals surface area contributed by atoms with Crippen molar-refractivity contribution in [2.75, 3.05) is 0 Å². The zero-order chi connectivity index (χ0) is 9.26. The van der Waals surface area contributed by atoms with E-state index in [1.54, 1.807) is 17.0 Å². The van der Waals surface area contributed by atoms with Crippen LogP contribution in [0.5, 0.6) is 0 Å². The number of nitrogens with zero attached hydrogens (tertiary/aromatic N) is 1.